The average Bonchev–Trinajstić information content (AvgIpc) is 3.09. The van der Waals surface area contributed by atoms with E-state index in [0.29, 0.717) is 5.82 Å². The average molecular weight is 395 g/mol. The van der Waals surface area contributed by atoms with Gasteiger partial charge < -0.3 is 5.32 Å². The van der Waals surface area contributed by atoms with Crippen molar-refractivity contribution >= 4 is 38.6 Å². The summed E-state index contributed by atoms with van der Waals surface area (Å²) in [6.45, 7) is 1.95. The van der Waals surface area contributed by atoms with E-state index in [-0.39, 0.29) is 15.6 Å². The molecule has 26 heavy (non-hydrogen) atoms. The molecule has 0 fully saturated rings. The summed E-state index contributed by atoms with van der Waals surface area (Å²) in [6, 6.07) is 9.48. The predicted molar refractivity (Wildman–Crippen MR) is 98.4 cm³/mol. The molecule has 0 aliphatic carbocycles. The van der Waals surface area contributed by atoms with Crippen LogP contribution in [-0.2, 0) is 16.4 Å². The molecule has 3 rings (SSSR count). The first kappa shape index (κ1) is 18.3. The van der Waals surface area contributed by atoms with Gasteiger partial charge in [0, 0.05) is 10.9 Å². The lowest BCUT2D eigenvalue weighted by Crippen LogP contribution is -2.11. The number of hydrogen-bond donors (Lipinski definition) is 2. The highest BCUT2D eigenvalue weighted by Gasteiger charge is 2.17. The third-order valence-electron chi connectivity index (χ3n) is 3.46. The van der Waals surface area contributed by atoms with Gasteiger partial charge in [0.05, 0.1) is 17.6 Å². The first-order valence-corrected chi connectivity index (χ1v) is 9.97. The fraction of sp³-hybridized carbons (Fsp3) is 0.118. The summed E-state index contributed by atoms with van der Waals surface area (Å²) in [4.78, 5) is 5.02. The molecule has 0 saturated heterocycles. The predicted octanol–water partition coefficient (Wildman–Crippen LogP) is 4.53. The molecular formula is C17H15F2N3O2S2. The van der Waals surface area contributed by atoms with Crippen LogP contribution in [0.3, 0.4) is 0 Å². The number of pyridine rings is 1. The molecular weight excluding hydrogens is 380 g/mol. The Hall–Kier alpha value is -2.52. The van der Waals surface area contributed by atoms with Crippen molar-refractivity contribution in [1.29, 1.82) is 0 Å². The number of rotatable bonds is 6. The van der Waals surface area contributed by atoms with Crippen molar-refractivity contribution in [3.8, 4) is 0 Å². The summed E-state index contributed by atoms with van der Waals surface area (Å²) in [5.41, 5.74) is 0.347. The lowest BCUT2D eigenvalue weighted by atomic mass is 10.3. The number of aryl methyl sites for hydroxylation is 1. The van der Waals surface area contributed by atoms with Gasteiger partial charge in [0.2, 0.25) is 0 Å². The minimum absolute atomic E-state index is 0.0675. The van der Waals surface area contributed by atoms with E-state index in [2.05, 4.69) is 15.0 Å². The third kappa shape index (κ3) is 4.17. The molecule has 0 aliphatic rings. The number of hydrogen-bond acceptors (Lipinski definition) is 5. The van der Waals surface area contributed by atoms with Crippen molar-refractivity contribution in [2.45, 2.75) is 17.6 Å². The number of nitrogens with zero attached hydrogens (tertiary/aromatic N) is 1. The highest BCUT2D eigenvalue weighted by atomic mass is 32.2. The third-order valence-corrected chi connectivity index (χ3v) is 6.56. The van der Waals surface area contributed by atoms with Gasteiger partial charge in [-0.1, -0.05) is 6.92 Å². The molecule has 0 spiro atoms. The fourth-order valence-corrected chi connectivity index (χ4v) is 4.49. The van der Waals surface area contributed by atoms with Gasteiger partial charge in [0.15, 0.2) is 0 Å². The van der Waals surface area contributed by atoms with Crippen LogP contribution < -0.4 is 10.0 Å². The highest BCUT2D eigenvalue weighted by Crippen LogP contribution is 2.25. The summed E-state index contributed by atoms with van der Waals surface area (Å²) in [5.74, 6) is -1.13. The van der Waals surface area contributed by atoms with E-state index in [1.54, 1.807) is 12.1 Å². The second-order valence-electron chi connectivity index (χ2n) is 5.36. The van der Waals surface area contributed by atoms with E-state index in [0.717, 1.165) is 23.4 Å². The van der Waals surface area contributed by atoms with Crippen molar-refractivity contribution in [3.05, 3.63) is 65.2 Å². The van der Waals surface area contributed by atoms with Crippen LogP contribution in [-0.4, -0.2) is 13.4 Å². The van der Waals surface area contributed by atoms with E-state index >= 15 is 0 Å². The maximum Gasteiger partial charge on any atom is 0.271 e. The minimum Gasteiger partial charge on any atom is -0.338 e. The SMILES string of the molecule is CCc1ccc(S(=O)(=O)Nc2ccc(Nc3ccc(F)cc3F)nc2)s1. The van der Waals surface area contributed by atoms with Gasteiger partial charge in [-0.15, -0.1) is 11.3 Å². The van der Waals surface area contributed by atoms with Gasteiger partial charge in [0.1, 0.15) is 21.7 Å². The van der Waals surface area contributed by atoms with Crippen molar-refractivity contribution < 1.29 is 17.2 Å². The standard InChI is InChI=1S/C17H15F2N3O2S2/c1-2-13-5-8-17(25-13)26(23,24)22-12-4-7-16(20-10-12)21-15-6-3-11(18)9-14(15)19/h3-10,22H,2H2,1H3,(H,20,21). The molecule has 0 bridgehead atoms. The van der Waals surface area contributed by atoms with E-state index in [9.17, 15) is 17.2 Å². The fourth-order valence-electron chi connectivity index (χ4n) is 2.16. The lowest BCUT2D eigenvalue weighted by molar-refractivity contribution is 0.586. The zero-order valence-electron chi connectivity index (χ0n) is 13.7. The molecule has 2 N–H and O–H groups in total. The Bertz CT molecular complexity index is 1020. The molecule has 3 aromatic rings. The molecule has 9 heteroatoms. The number of nitrogens with one attached hydrogen (secondary N) is 2. The molecule has 0 atom stereocenters. The topological polar surface area (TPSA) is 71.1 Å². The molecule has 0 radical (unpaired) electrons. The van der Waals surface area contributed by atoms with Crippen molar-refractivity contribution in [2.75, 3.05) is 10.0 Å². The summed E-state index contributed by atoms with van der Waals surface area (Å²) in [5, 5.41) is 2.70. The molecule has 0 aliphatic heterocycles. The Morgan fingerprint density at radius 3 is 2.54 bits per heavy atom. The van der Waals surface area contributed by atoms with Crippen LogP contribution >= 0.6 is 11.3 Å². The molecule has 0 amide bonds. The van der Waals surface area contributed by atoms with Gasteiger partial charge in [0.25, 0.3) is 10.0 Å². The largest absolute Gasteiger partial charge is 0.338 e. The Labute approximate surface area is 153 Å². The van der Waals surface area contributed by atoms with Crippen LogP contribution in [0.25, 0.3) is 0 Å². The lowest BCUT2D eigenvalue weighted by Gasteiger charge is -2.09. The van der Waals surface area contributed by atoms with Crippen LogP contribution in [0.1, 0.15) is 11.8 Å². The van der Waals surface area contributed by atoms with Gasteiger partial charge in [-0.2, -0.15) is 0 Å². The normalized spacial score (nSPS) is 11.3. The van der Waals surface area contributed by atoms with E-state index in [4.69, 9.17) is 0 Å². The van der Waals surface area contributed by atoms with Crippen molar-refractivity contribution in [2.24, 2.45) is 0 Å². The Morgan fingerprint density at radius 1 is 1.12 bits per heavy atom. The van der Waals surface area contributed by atoms with E-state index in [1.165, 1.54) is 35.7 Å². The summed E-state index contributed by atoms with van der Waals surface area (Å²) in [7, 11) is -3.68. The number of thiophene rings is 1. The smallest absolute Gasteiger partial charge is 0.271 e. The van der Waals surface area contributed by atoms with E-state index < -0.39 is 21.7 Å². The van der Waals surface area contributed by atoms with Gasteiger partial charge >= 0.3 is 0 Å². The quantitative estimate of drug-likeness (QED) is 0.643. The number of sulfonamides is 1. The zero-order chi connectivity index (χ0) is 18.7. The number of aromatic nitrogens is 1. The minimum atomic E-state index is -3.68. The molecule has 1 aromatic carbocycles. The van der Waals surface area contributed by atoms with Crippen LogP contribution in [0, 0.1) is 11.6 Å². The monoisotopic (exact) mass is 395 g/mol. The molecule has 0 unspecified atom stereocenters. The Kier molecular flexibility index (Phi) is 5.19. The zero-order valence-corrected chi connectivity index (χ0v) is 15.3. The molecule has 136 valence electrons. The molecule has 2 aromatic heterocycles. The van der Waals surface area contributed by atoms with E-state index in [1.807, 2.05) is 6.92 Å². The van der Waals surface area contributed by atoms with Gasteiger partial charge in [-0.25, -0.2) is 22.2 Å². The second kappa shape index (κ2) is 7.38. The van der Waals surface area contributed by atoms with Crippen LogP contribution in [0.5, 0.6) is 0 Å². The first-order chi connectivity index (χ1) is 12.4. The summed E-state index contributed by atoms with van der Waals surface area (Å²) >= 11 is 1.21. The number of halogens is 2. The van der Waals surface area contributed by atoms with Crippen molar-refractivity contribution in [1.82, 2.24) is 4.98 Å². The Balaban J connectivity index is 1.73. The van der Waals surface area contributed by atoms with Crippen LogP contribution in [0.2, 0.25) is 0 Å². The molecule has 2 heterocycles. The van der Waals surface area contributed by atoms with Crippen LogP contribution in [0.4, 0.5) is 26.0 Å². The maximum atomic E-state index is 13.6. The van der Waals surface area contributed by atoms with Crippen LogP contribution in [0.15, 0.2) is 52.9 Å². The Morgan fingerprint density at radius 2 is 1.92 bits per heavy atom. The first-order valence-electron chi connectivity index (χ1n) is 7.67. The highest BCUT2D eigenvalue weighted by molar-refractivity contribution is 7.94. The number of benzene rings is 1. The van der Waals surface area contributed by atoms with Gasteiger partial charge in [-0.05, 0) is 42.8 Å². The van der Waals surface area contributed by atoms with Gasteiger partial charge in [-0.3, -0.25) is 4.72 Å². The van der Waals surface area contributed by atoms with Crippen molar-refractivity contribution in [3.63, 3.8) is 0 Å². The maximum absolute atomic E-state index is 13.6. The summed E-state index contributed by atoms with van der Waals surface area (Å²) < 4.78 is 53.9. The number of anilines is 3. The second-order valence-corrected chi connectivity index (χ2v) is 8.44. The molecule has 0 saturated carbocycles. The molecule has 5 nitrogen and oxygen atoms in total. The summed E-state index contributed by atoms with van der Waals surface area (Å²) in [6.07, 6.45) is 2.08.